The average molecular weight is 526 g/mol. The first-order chi connectivity index (χ1) is 18.1. The first-order valence-electron chi connectivity index (χ1n) is 12.4. The number of carbonyl (C=O) groups is 4. The lowest BCUT2D eigenvalue weighted by atomic mass is 10.0. The van der Waals surface area contributed by atoms with Gasteiger partial charge < -0.3 is 26.6 Å². The van der Waals surface area contributed by atoms with E-state index in [2.05, 4.69) is 21.7 Å². The van der Waals surface area contributed by atoms with Gasteiger partial charge in [0.05, 0.1) is 4.92 Å². The number of likely N-dealkylation sites (tertiary alicyclic amines) is 1. The van der Waals surface area contributed by atoms with Crippen molar-refractivity contribution in [2.75, 3.05) is 11.9 Å². The van der Waals surface area contributed by atoms with Crippen molar-refractivity contribution in [2.24, 2.45) is 0 Å². The lowest BCUT2D eigenvalue weighted by molar-refractivity contribution is -0.398. The van der Waals surface area contributed by atoms with Crippen LogP contribution in [0.25, 0.3) is 0 Å². The summed E-state index contributed by atoms with van der Waals surface area (Å²) < 4.78 is 0. The summed E-state index contributed by atoms with van der Waals surface area (Å²) in [7, 11) is 0. The molecule has 2 aromatic carbocycles. The highest BCUT2D eigenvalue weighted by Crippen LogP contribution is 2.20. The number of carbonyl (C=O) groups excluding carboxylic acids is 4. The van der Waals surface area contributed by atoms with E-state index in [1.165, 1.54) is 29.2 Å². The number of nitrogens with zero attached hydrogens (tertiary/aromatic N) is 2. The van der Waals surface area contributed by atoms with Gasteiger partial charge in [0.2, 0.25) is 17.7 Å². The minimum atomic E-state index is -0.971. The Balaban J connectivity index is 1.73. The average Bonchev–Trinajstić information content (AvgIpc) is 3.38. The van der Waals surface area contributed by atoms with E-state index < -0.39 is 40.9 Å². The van der Waals surface area contributed by atoms with E-state index in [1.807, 2.05) is 30.3 Å². The second kappa shape index (κ2) is 12.8. The van der Waals surface area contributed by atoms with Crippen molar-refractivity contribution in [1.82, 2.24) is 15.5 Å². The number of hydrogen-bond donors (Lipinski definition) is 4. The molecule has 1 heterocycles. The fourth-order valence-corrected chi connectivity index (χ4v) is 4.19. The van der Waals surface area contributed by atoms with E-state index in [0.29, 0.717) is 25.1 Å². The van der Waals surface area contributed by atoms with Crippen molar-refractivity contribution < 1.29 is 29.8 Å². The van der Waals surface area contributed by atoms with E-state index >= 15 is 0 Å². The largest absolute Gasteiger partial charge is 0.348 e. The van der Waals surface area contributed by atoms with Crippen LogP contribution in [0.3, 0.4) is 0 Å². The SMILES string of the molecule is C[C@H]([NH3+])C(=O)N[C@H](C)C(=O)N1CCC[C@H]1C(=O)N[C@@H](Cc1ccccc1)C(=O)Nc1ccc([N+](=O)[O-])cc1. The molecule has 3 rings (SSSR count). The molecule has 12 nitrogen and oxygen atoms in total. The molecule has 0 spiro atoms. The van der Waals surface area contributed by atoms with Crippen LogP contribution >= 0.6 is 0 Å². The van der Waals surface area contributed by atoms with Crippen LogP contribution in [0.15, 0.2) is 54.6 Å². The molecule has 6 N–H and O–H groups in total. The van der Waals surface area contributed by atoms with Crippen LogP contribution in [0.2, 0.25) is 0 Å². The van der Waals surface area contributed by atoms with Crippen molar-refractivity contribution in [3.63, 3.8) is 0 Å². The smallest absolute Gasteiger partial charge is 0.278 e. The number of anilines is 1. The summed E-state index contributed by atoms with van der Waals surface area (Å²) in [4.78, 5) is 63.4. The van der Waals surface area contributed by atoms with Crippen LogP contribution in [-0.4, -0.2) is 64.2 Å². The van der Waals surface area contributed by atoms with Gasteiger partial charge in [-0.3, -0.25) is 29.3 Å². The summed E-state index contributed by atoms with van der Waals surface area (Å²) in [5, 5.41) is 19.0. The third-order valence-corrected chi connectivity index (χ3v) is 6.28. The third-order valence-electron chi connectivity index (χ3n) is 6.28. The van der Waals surface area contributed by atoms with Crippen LogP contribution in [0.1, 0.15) is 32.3 Å². The Morgan fingerprint density at radius 2 is 1.68 bits per heavy atom. The number of nitro groups is 1. The Labute approximate surface area is 220 Å². The van der Waals surface area contributed by atoms with Gasteiger partial charge in [0.15, 0.2) is 6.04 Å². The highest BCUT2D eigenvalue weighted by atomic mass is 16.6. The highest BCUT2D eigenvalue weighted by molar-refractivity contribution is 5.99. The Morgan fingerprint density at radius 1 is 1.03 bits per heavy atom. The molecule has 2 aromatic rings. The number of amides is 4. The normalized spacial score (nSPS) is 17.1. The zero-order valence-electron chi connectivity index (χ0n) is 21.4. The van der Waals surface area contributed by atoms with Gasteiger partial charge in [-0.15, -0.1) is 0 Å². The monoisotopic (exact) mass is 525 g/mol. The van der Waals surface area contributed by atoms with Gasteiger partial charge >= 0.3 is 0 Å². The molecule has 12 heteroatoms. The van der Waals surface area contributed by atoms with Crippen LogP contribution in [0.5, 0.6) is 0 Å². The number of hydrogen-bond acceptors (Lipinski definition) is 6. The zero-order chi connectivity index (χ0) is 27.8. The Morgan fingerprint density at radius 3 is 2.29 bits per heavy atom. The van der Waals surface area contributed by atoms with Gasteiger partial charge in [-0.1, -0.05) is 30.3 Å². The molecule has 4 amide bonds. The molecule has 0 bridgehead atoms. The first kappa shape index (κ1) is 28.3. The van der Waals surface area contributed by atoms with Crippen molar-refractivity contribution in [3.8, 4) is 0 Å². The first-order valence-corrected chi connectivity index (χ1v) is 12.4. The molecule has 0 unspecified atom stereocenters. The number of benzene rings is 2. The molecule has 1 saturated heterocycles. The third kappa shape index (κ3) is 7.35. The van der Waals surface area contributed by atoms with Gasteiger partial charge in [-0.2, -0.15) is 0 Å². The van der Waals surface area contributed by atoms with E-state index in [9.17, 15) is 29.3 Å². The summed E-state index contributed by atoms with van der Waals surface area (Å²) >= 11 is 0. The number of rotatable bonds is 10. The summed E-state index contributed by atoms with van der Waals surface area (Å²) in [5.74, 6) is -1.72. The lowest BCUT2D eigenvalue weighted by Crippen LogP contribution is -2.67. The van der Waals surface area contributed by atoms with Crippen LogP contribution < -0.4 is 21.7 Å². The molecule has 4 atom stereocenters. The number of nitro benzene ring substituents is 1. The molecule has 1 fully saturated rings. The summed E-state index contributed by atoms with van der Waals surface area (Å²) in [6.45, 7) is 3.54. The summed E-state index contributed by atoms with van der Waals surface area (Å²) in [5.41, 5.74) is 4.69. The van der Waals surface area contributed by atoms with E-state index in [0.717, 1.165) is 5.56 Å². The molecule has 1 aliphatic rings. The molecule has 202 valence electrons. The van der Waals surface area contributed by atoms with Crippen LogP contribution in [-0.2, 0) is 25.6 Å². The number of non-ortho nitro benzene ring substituents is 1. The molecule has 1 aliphatic heterocycles. The second-order valence-corrected chi connectivity index (χ2v) is 9.37. The van der Waals surface area contributed by atoms with Crippen molar-refractivity contribution in [3.05, 3.63) is 70.3 Å². The second-order valence-electron chi connectivity index (χ2n) is 9.37. The number of quaternary nitrogens is 1. The van der Waals surface area contributed by atoms with Gasteiger partial charge in [0.1, 0.15) is 18.1 Å². The van der Waals surface area contributed by atoms with Gasteiger partial charge in [0, 0.05) is 30.8 Å². The highest BCUT2D eigenvalue weighted by Gasteiger charge is 2.38. The molecule has 38 heavy (non-hydrogen) atoms. The summed E-state index contributed by atoms with van der Waals surface area (Å²) in [6, 6.07) is 11.4. The maximum atomic E-state index is 13.3. The molecular formula is C26H33N6O6+. The van der Waals surface area contributed by atoms with E-state index in [4.69, 9.17) is 0 Å². The number of nitrogens with one attached hydrogen (secondary N) is 3. The Hall–Kier alpha value is -4.32. The Kier molecular flexibility index (Phi) is 9.49. The minimum absolute atomic E-state index is 0.113. The molecular weight excluding hydrogens is 492 g/mol. The maximum Gasteiger partial charge on any atom is 0.278 e. The summed E-state index contributed by atoms with van der Waals surface area (Å²) in [6.07, 6.45) is 1.22. The quantitative estimate of drug-likeness (QED) is 0.257. The predicted molar refractivity (Wildman–Crippen MR) is 138 cm³/mol. The van der Waals surface area contributed by atoms with Crippen molar-refractivity contribution in [2.45, 2.75) is 57.3 Å². The lowest BCUT2D eigenvalue weighted by Gasteiger charge is -2.28. The minimum Gasteiger partial charge on any atom is -0.348 e. The topological polar surface area (TPSA) is 178 Å². The molecule has 0 aromatic heterocycles. The predicted octanol–water partition coefficient (Wildman–Crippen LogP) is 0.387. The van der Waals surface area contributed by atoms with Crippen molar-refractivity contribution >= 4 is 35.0 Å². The fraction of sp³-hybridized carbons (Fsp3) is 0.385. The van der Waals surface area contributed by atoms with Crippen molar-refractivity contribution in [1.29, 1.82) is 0 Å². The Bertz CT molecular complexity index is 1170. The van der Waals surface area contributed by atoms with Crippen LogP contribution in [0.4, 0.5) is 11.4 Å². The molecule has 0 aliphatic carbocycles. The molecule has 0 radical (unpaired) electrons. The molecule has 0 saturated carbocycles. The maximum absolute atomic E-state index is 13.3. The van der Waals surface area contributed by atoms with Gasteiger partial charge in [-0.05, 0) is 44.4 Å². The van der Waals surface area contributed by atoms with Crippen LogP contribution in [0, 0.1) is 10.1 Å². The fourth-order valence-electron chi connectivity index (χ4n) is 4.19. The zero-order valence-corrected chi connectivity index (χ0v) is 21.4. The van der Waals surface area contributed by atoms with Gasteiger partial charge in [-0.25, -0.2) is 0 Å². The van der Waals surface area contributed by atoms with E-state index in [-0.39, 0.29) is 23.9 Å². The van der Waals surface area contributed by atoms with E-state index in [1.54, 1.807) is 13.8 Å². The van der Waals surface area contributed by atoms with Gasteiger partial charge in [0.25, 0.3) is 11.6 Å². The standard InChI is InChI=1S/C26H32N6O6/c1-16(27)23(33)28-17(2)26(36)31-14-6-9-22(31)25(35)30-21(15-18-7-4-3-5-8-18)24(34)29-19-10-12-20(13-11-19)32(37)38/h3-5,7-8,10-13,16-17,21-22H,6,9,14-15,27H2,1-2H3,(H,28,33)(H,29,34)(H,30,35)/p+1/t16-,17+,21-,22-/m0/s1.